The van der Waals surface area contributed by atoms with E-state index in [1.807, 2.05) is 12.1 Å². The van der Waals surface area contributed by atoms with Crippen molar-refractivity contribution in [1.29, 1.82) is 0 Å². The first kappa shape index (κ1) is 14.1. The van der Waals surface area contributed by atoms with E-state index in [1.165, 1.54) is 27.1 Å². The molecule has 1 aromatic heterocycles. The van der Waals surface area contributed by atoms with Crippen LogP contribution in [-0.4, -0.2) is 7.11 Å². The summed E-state index contributed by atoms with van der Waals surface area (Å²) in [4.78, 5) is 1.37. The van der Waals surface area contributed by atoms with E-state index in [0.717, 1.165) is 18.2 Å². The van der Waals surface area contributed by atoms with Crippen LogP contribution in [0.25, 0.3) is 0 Å². The predicted octanol–water partition coefficient (Wildman–Crippen LogP) is 4.76. The summed E-state index contributed by atoms with van der Waals surface area (Å²) < 4.78 is 6.43. The van der Waals surface area contributed by atoms with Crippen LogP contribution in [0.3, 0.4) is 0 Å². The van der Waals surface area contributed by atoms with Gasteiger partial charge in [0.25, 0.3) is 0 Å². The van der Waals surface area contributed by atoms with E-state index in [4.69, 9.17) is 4.74 Å². The number of rotatable bonds is 6. The quantitative estimate of drug-likeness (QED) is 0.809. The van der Waals surface area contributed by atoms with Crippen molar-refractivity contribution < 1.29 is 4.74 Å². The number of thiophene rings is 1. The third kappa shape index (κ3) is 3.43. The zero-order valence-electron chi connectivity index (χ0n) is 11.4. The van der Waals surface area contributed by atoms with Crippen LogP contribution in [0.15, 0.2) is 40.2 Å². The Morgan fingerprint density at radius 3 is 2.55 bits per heavy atom. The molecular formula is C16H18BrNOS. The van der Waals surface area contributed by atoms with Gasteiger partial charge in [-0.05, 0) is 64.5 Å². The molecule has 2 aromatic rings. The van der Waals surface area contributed by atoms with E-state index in [9.17, 15) is 0 Å². The molecule has 3 rings (SSSR count). The first-order valence-corrected chi connectivity index (χ1v) is 8.49. The van der Waals surface area contributed by atoms with Crippen LogP contribution in [-0.2, 0) is 6.54 Å². The van der Waals surface area contributed by atoms with E-state index < -0.39 is 0 Å². The number of halogens is 1. The fourth-order valence-corrected chi connectivity index (χ4v) is 3.89. The molecule has 1 aliphatic rings. The van der Waals surface area contributed by atoms with Crippen LogP contribution in [0, 0.1) is 5.92 Å². The molecule has 0 bridgehead atoms. The van der Waals surface area contributed by atoms with E-state index in [0.29, 0.717) is 6.04 Å². The molecule has 0 radical (unpaired) electrons. The molecule has 0 saturated heterocycles. The number of nitrogens with one attached hydrogen (secondary N) is 1. The molecule has 2 nitrogen and oxygen atoms in total. The van der Waals surface area contributed by atoms with Crippen LogP contribution in [0.1, 0.15) is 29.3 Å². The molecule has 1 heterocycles. The molecule has 4 heteroatoms. The van der Waals surface area contributed by atoms with E-state index in [1.54, 1.807) is 18.4 Å². The highest BCUT2D eigenvalue weighted by molar-refractivity contribution is 9.11. The van der Waals surface area contributed by atoms with E-state index >= 15 is 0 Å². The second-order valence-corrected chi connectivity index (χ2v) is 7.72. The Bertz CT molecular complexity index is 562. The predicted molar refractivity (Wildman–Crippen MR) is 87.3 cm³/mol. The summed E-state index contributed by atoms with van der Waals surface area (Å²) in [5.41, 5.74) is 1.36. The van der Waals surface area contributed by atoms with Gasteiger partial charge in [-0.15, -0.1) is 11.3 Å². The van der Waals surface area contributed by atoms with E-state index in [2.05, 4.69) is 45.5 Å². The molecule has 106 valence electrons. The standard InChI is InChI=1S/C16H18BrNOS/c1-19-13-6-4-12(5-7-13)16(11-2-3-11)18-10-14-8-9-15(17)20-14/h4-9,11,16,18H,2-3,10H2,1H3. The van der Waals surface area contributed by atoms with Gasteiger partial charge >= 0.3 is 0 Å². The number of methoxy groups -OCH3 is 1. The lowest BCUT2D eigenvalue weighted by atomic mass is 10.0. The smallest absolute Gasteiger partial charge is 0.118 e. The van der Waals surface area contributed by atoms with Gasteiger partial charge in [-0.2, -0.15) is 0 Å². The van der Waals surface area contributed by atoms with Crippen LogP contribution in [0.2, 0.25) is 0 Å². The van der Waals surface area contributed by atoms with Crippen LogP contribution in [0.5, 0.6) is 5.75 Å². The van der Waals surface area contributed by atoms with Crippen LogP contribution < -0.4 is 10.1 Å². The Morgan fingerprint density at radius 1 is 1.25 bits per heavy atom. The number of hydrogen-bond donors (Lipinski definition) is 1. The summed E-state index contributed by atoms with van der Waals surface area (Å²) in [6, 6.07) is 13.2. The summed E-state index contributed by atoms with van der Waals surface area (Å²) in [5, 5.41) is 3.71. The number of ether oxygens (including phenoxy) is 1. The molecule has 1 atom stereocenters. The van der Waals surface area contributed by atoms with Crippen molar-refractivity contribution in [3.63, 3.8) is 0 Å². The molecule has 0 amide bonds. The van der Waals surface area contributed by atoms with Crippen molar-refractivity contribution in [2.24, 2.45) is 5.92 Å². The first-order valence-electron chi connectivity index (χ1n) is 6.88. The van der Waals surface area contributed by atoms with Gasteiger partial charge in [0.1, 0.15) is 5.75 Å². The summed E-state index contributed by atoms with van der Waals surface area (Å²) in [5.74, 6) is 1.71. The molecule has 1 aromatic carbocycles. The van der Waals surface area contributed by atoms with E-state index in [-0.39, 0.29) is 0 Å². The maximum Gasteiger partial charge on any atom is 0.118 e. The van der Waals surface area contributed by atoms with Gasteiger partial charge in [0.2, 0.25) is 0 Å². The van der Waals surface area contributed by atoms with Crippen molar-refractivity contribution in [2.45, 2.75) is 25.4 Å². The Morgan fingerprint density at radius 2 is 2.00 bits per heavy atom. The number of hydrogen-bond acceptors (Lipinski definition) is 3. The molecule has 1 aliphatic carbocycles. The van der Waals surface area contributed by atoms with Crippen molar-refractivity contribution in [3.05, 3.63) is 50.6 Å². The zero-order chi connectivity index (χ0) is 13.9. The largest absolute Gasteiger partial charge is 0.497 e. The van der Waals surface area contributed by atoms with Crippen molar-refractivity contribution >= 4 is 27.3 Å². The Hall–Kier alpha value is -0.840. The van der Waals surface area contributed by atoms with Gasteiger partial charge in [-0.3, -0.25) is 0 Å². The average Bonchev–Trinajstić information content (AvgIpc) is 3.22. The Labute approximate surface area is 132 Å². The van der Waals surface area contributed by atoms with Gasteiger partial charge in [0, 0.05) is 17.5 Å². The minimum absolute atomic E-state index is 0.460. The highest BCUT2D eigenvalue weighted by atomic mass is 79.9. The second-order valence-electron chi connectivity index (χ2n) is 5.17. The molecule has 1 N–H and O–H groups in total. The van der Waals surface area contributed by atoms with Crippen molar-refractivity contribution in [1.82, 2.24) is 5.32 Å². The molecule has 1 saturated carbocycles. The Kier molecular flexibility index (Phi) is 4.44. The minimum atomic E-state index is 0.460. The lowest BCUT2D eigenvalue weighted by Gasteiger charge is -2.18. The van der Waals surface area contributed by atoms with Crippen molar-refractivity contribution in [3.8, 4) is 5.75 Å². The molecule has 1 fully saturated rings. The lowest BCUT2D eigenvalue weighted by molar-refractivity contribution is 0.413. The van der Waals surface area contributed by atoms with Crippen LogP contribution in [0.4, 0.5) is 0 Å². The molecule has 20 heavy (non-hydrogen) atoms. The SMILES string of the molecule is COc1ccc(C(NCc2ccc(Br)s2)C2CC2)cc1. The highest BCUT2D eigenvalue weighted by Crippen LogP contribution is 2.41. The monoisotopic (exact) mass is 351 g/mol. The molecule has 0 spiro atoms. The highest BCUT2D eigenvalue weighted by Gasteiger charge is 2.31. The van der Waals surface area contributed by atoms with Gasteiger partial charge in [-0.1, -0.05) is 12.1 Å². The summed E-state index contributed by atoms with van der Waals surface area (Å²) >= 11 is 5.32. The maximum atomic E-state index is 5.23. The Balaban J connectivity index is 1.68. The topological polar surface area (TPSA) is 21.3 Å². The van der Waals surface area contributed by atoms with Crippen LogP contribution >= 0.6 is 27.3 Å². The molecule has 1 unspecified atom stereocenters. The number of benzene rings is 1. The van der Waals surface area contributed by atoms with Gasteiger partial charge in [0.15, 0.2) is 0 Å². The minimum Gasteiger partial charge on any atom is -0.497 e. The van der Waals surface area contributed by atoms with Gasteiger partial charge in [0.05, 0.1) is 10.9 Å². The zero-order valence-corrected chi connectivity index (χ0v) is 13.8. The summed E-state index contributed by atoms with van der Waals surface area (Å²) in [6.45, 7) is 0.934. The third-order valence-corrected chi connectivity index (χ3v) is 5.32. The summed E-state index contributed by atoms with van der Waals surface area (Å²) in [7, 11) is 1.71. The van der Waals surface area contributed by atoms with Gasteiger partial charge in [-0.25, -0.2) is 0 Å². The van der Waals surface area contributed by atoms with Gasteiger partial charge < -0.3 is 10.1 Å². The molecule has 0 aliphatic heterocycles. The normalized spacial score (nSPS) is 16.1. The lowest BCUT2D eigenvalue weighted by Crippen LogP contribution is -2.22. The third-order valence-electron chi connectivity index (χ3n) is 3.69. The fraction of sp³-hybridized carbons (Fsp3) is 0.375. The van der Waals surface area contributed by atoms with Crippen molar-refractivity contribution in [2.75, 3.05) is 7.11 Å². The average molecular weight is 352 g/mol. The molecular weight excluding hydrogens is 334 g/mol. The maximum absolute atomic E-state index is 5.23. The second kappa shape index (κ2) is 6.29. The summed E-state index contributed by atoms with van der Waals surface area (Å²) in [6.07, 6.45) is 2.66. The first-order chi connectivity index (χ1) is 9.76. The fourth-order valence-electron chi connectivity index (χ4n) is 2.45.